The zero-order chi connectivity index (χ0) is 13.9. The molecule has 4 heteroatoms. The summed E-state index contributed by atoms with van der Waals surface area (Å²) in [7, 11) is 0. The molecule has 0 aliphatic heterocycles. The van der Waals surface area contributed by atoms with Gasteiger partial charge in [-0.3, -0.25) is 0 Å². The lowest BCUT2D eigenvalue weighted by Crippen LogP contribution is -2.15. The number of para-hydroxylation sites is 1. The van der Waals surface area contributed by atoms with Crippen LogP contribution in [0.2, 0.25) is 5.02 Å². The molecule has 0 unspecified atom stereocenters. The van der Waals surface area contributed by atoms with Crippen molar-refractivity contribution in [2.24, 2.45) is 0 Å². The highest BCUT2D eigenvalue weighted by Crippen LogP contribution is 2.33. The summed E-state index contributed by atoms with van der Waals surface area (Å²) in [5.74, 6) is 1.65. The lowest BCUT2D eigenvalue weighted by molar-refractivity contribution is 0.469. The van der Waals surface area contributed by atoms with Crippen LogP contribution in [0.5, 0.6) is 11.5 Å². The fourth-order valence-corrected chi connectivity index (χ4v) is 2.53. The van der Waals surface area contributed by atoms with Crippen LogP contribution in [0.4, 0.5) is 0 Å². The van der Waals surface area contributed by atoms with E-state index < -0.39 is 0 Å². The molecule has 20 heavy (non-hydrogen) atoms. The summed E-state index contributed by atoms with van der Waals surface area (Å²) in [4.78, 5) is 0. The molecule has 0 spiro atoms. The molecular weight excluding hydrogens is 338 g/mol. The first-order valence-corrected chi connectivity index (χ1v) is 7.83. The highest BCUT2D eigenvalue weighted by atomic mass is 79.9. The van der Waals surface area contributed by atoms with Crippen LogP contribution in [0.1, 0.15) is 18.4 Å². The van der Waals surface area contributed by atoms with Gasteiger partial charge in [-0.25, -0.2) is 0 Å². The topological polar surface area (TPSA) is 21.3 Å². The Bertz CT molecular complexity index is 613. The number of benzene rings is 2. The van der Waals surface area contributed by atoms with E-state index in [-0.39, 0.29) is 0 Å². The molecule has 0 amide bonds. The van der Waals surface area contributed by atoms with Crippen molar-refractivity contribution < 1.29 is 4.74 Å². The lowest BCUT2D eigenvalue weighted by atomic mass is 10.2. The largest absolute Gasteiger partial charge is 0.456 e. The first-order valence-electron chi connectivity index (χ1n) is 6.66. The predicted octanol–water partition coefficient (Wildman–Crippen LogP) is 5.15. The van der Waals surface area contributed by atoms with Crippen LogP contribution in [0.15, 0.2) is 46.9 Å². The van der Waals surface area contributed by atoms with Crippen LogP contribution < -0.4 is 10.1 Å². The number of nitrogens with one attached hydrogen (secondary N) is 1. The molecule has 2 aromatic rings. The number of halogens is 2. The number of ether oxygens (including phenoxy) is 1. The van der Waals surface area contributed by atoms with Gasteiger partial charge >= 0.3 is 0 Å². The van der Waals surface area contributed by atoms with Crippen LogP contribution in [0.25, 0.3) is 0 Å². The van der Waals surface area contributed by atoms with Gasteiger partial charge in [0.05, 0.1) is 4.47 Å². The summed E-state index contributed by atoms with van der Waals surface area (Å²) < 4.78 is 6.94. The molecule has 1 N–H and O–H groups in total. The Morgan fingerprint density at radius 2 is 1.95 bits per heavy atom. The first kappa shape index (κ1) is 13.9. The van der Waals surface area contributed by atoms with E-state index in [1.165, 1.54) is 12.8 Å². The second-order valence-electron chi connectivity index (χ2n) is 4.94. The van der Waals surface area contributed by atoms with E-state index in [0.29, 0.717) is 6.04 Å². The third-order valence-electron chi connectivity index (χ3n) is 3.24. The standard InChI is InChI=1S/C16H15BrClNO/c17-14-3-1-2-4-16(14)20-15-8-5-12(18)9-11(15)10-19-13-6-7-13/h1-5,8-9,13,19H,6-7,10H2. The molecule has 1 fully saturated rings. The summed E-state index contributed by atoms with van der Waals surface area (Å²) in [6.07, 6.45) is 2.53. The van der Waals surface area contributed by atoms with Gasteiger partial charge in [0.25, 0.3) is 0 Å². The van der Waals surface area contributed by atoms with Crippen molar-refractivity contribution in [2.45, 2.75) is 25.4 Å². The van der Waals surface area contributed by atoms with Gasteiger partial charge in [0.2, 0.25) is 0 Å². The van der Waals surface area contributed by atoms with Gasteiger partial charge in [0.15, 0.2) is 0 Å². The summed E-state index contributed by atoms with van der Waals surface area (Å²) in [5, 5.41) is 4.22. The minimum atomic E-state index is 0.658. The molecule has 1 saturated carbocycles. The Kier molecular flexibility index (Phi) is 4.29. The predicted molar refractivity (Wildman–Crippen MR) is 85.5 cm³/mol. The molecule has 3 rings (SSSR count). The Labute approximate surface area is 132 Å². The van der Waals surface area contributed by atoms with Crippen molar-refractivity contribution in [3.63, 3.8) is 0 Å². The maximum Gasteiger partial charge on any atom is 0.141 e. The number of rotatable bonds is 5. The molecule has 104 valence electrons. The van der Waals surface area contributed by atoms with Crippen molar-refractivity contribution in [3.05, 3.63) is 57.5 Å². The van der Waals surface area contributed by atoms with Crippen LogP contribution >= 0.6 is 27.5 Å². The fraction of sp³-hybridized carbons (Fsp3) is 0.250. The summed E-state index contributed by atoms with van der Waals surface area (Å²) in [6.45, 7) is 0.783. The van der Waals surface area contributed by atoms with Gasteiger partial charge in [0, 0.05) is 23.2 Å². The molecule has 0 heterocycles. The van der Waals surface area contributed by atoms with E-state index in [1.54, 1.807) is 0 Å². The van der Waals surface area contributed by atoms with E-state index >= 15 is 0 Å². The number of hydrogen-bond donors (Lipinski definition) is 1. The quantitative estimate of drug-likeness (QED) is 0.804. The monoisotopic (exact) mass is 351 g/mol. The summed E-state index contributed by atoms with van der Waals surface area (Å²) >= 11 is 9.59. The van der Waals surface area contributed by atoms with E-state index in [0.717, 1.165) is 33.1 Å². The molecule has 1 aliphatic rings. The lowest BCUT2D eigenvalue weighted by Gasteiger charge is -2.13. The van der Waals surface area contributed by atoms with Crippen molar-refractivity contribution in [1.29, 1.82) is 0 Å². The average molecular weight is 353 g/mol. The van der Waals surface area contributed by atoms with Gasteiger partial charge in [-0.15, -0.1) is 0 Å². The second-order valence-corrected chi connectivity index (χ2v) is 6.23. The van der Waals surface area contributed by atoms with Gasteiger partial charge < -0.3 is 10.1 Å². The Morgan fingerprint density at radius 3 is 2.70 bits per heavy atom. The zero-order valence-electron chi connectivity index (χ0n) is 10.9. The van der Waals surface area contributed by atoms with Gasteiger partial charge in [0.1, 0.15) is 11.5 Å². The molecule has 0 bridgehead atoms. The molecular formula is C16H15BrClNO. The maximum atomic E-state index is 6.09. The zero-order valence-corrected chi connectivity index (χ0v) is 13.2. The minimum Gasteiger partial charge on any atom is -0.456 e. The van der Waals surface area contributed by atoms with E-state index in [4.69, 9.17) is 16.3 Å². The molecule has 1 aliphatic carbocycles. The highest BCUT2D eigenvalue weighted by Gasteiger charge is 2.20. The van der Waals surface area contributed by atoms with Crippen molar-refractivity contribution >= 4 is 27.5 Å². The maximum absolute atomic E-state index is 6.09. The Morgan fingerprint density at radius 1 is 1.15 bits per heavy atom. The first-order chi connectivity index (χ1) is 9.72. The SMILES string of the molecule is Clc1ccc(Oc2ccccc2Br)c(CNC2CC2)c1. The third kappa shape index (κ3) is 3.54. The molecule has 0 atom stereocenters. The molecule has 0 radical (unpaired) electrons. The summed E-state index contributed by atoms with van der Waals surface area (Å²) in [6, 6.07) is 14.2. The Balaban J connectivity index is 1.82. The molecule has 0 saturated heterocycles. The van der Waals surface area contributed by atoms with Crippen LogP contribution in [0.3, 0.4) is 0 Å². The molecule has 2 aromatic carbocycles. The van der Waals surface area contributed by atoms with E-state index in [2.05, 4.69) is 21.2 Å². The van der Waals surface area contributed by atoms with E-state index in [9.17, 15) is 0 Å². The van der Waals surface area contributed by atoms with Crippen molar-refractivity contribution in [1.82, 2.24) is 5.32 Å². The van der Waals surface area contributed by atoms with Crippen LogP contribution in [0, 0.1) is 0 Å². The molecule has 0 aromatic heterocycles. The smallest absolute Gasteiger partial charge is 0.141 e. The molecule has 2 nitrogen and oxygen atoms in total. The summed E-state index contributed by atoms with van der Waals surface area (Å²) in [5.41, 5.74) is 1.08. The van der Waals surface area contributed by atoms with Gasteiger partial charge in [-0.05, 0) is 59.1 Å². The normalized spacial score (nSPS) is 14.3. The van der Waals surface area contributed by atoms with Crippen LogP contribution in [-0.2, 0) is 6.54 Å². The Hall–Kier alpha value is -1.03. The van der Waals surface area contributed by atoms with Gasteiger partial charge in [-0.1, -0.05) is 23.7 Å². The minimum absolute atomic E-state index is 0.658. The van der Waals surface area contributed by atoms with Gasteiger partial charge in [-0.2, -0.15) is 0 Å². The fourth-order valence-electron chi connectivity index (χ4n) is 1.97. The average Bonchev–Trinajstić information content (AvgIpc) is 3.25. The van der Waals surface area contributed by atoms with Crippen molar-refractivity contribution in [2.75, 3.05) is 0 Å². The van der Waals surface area contributed by atoms with E-state index in [1.807, 2.05) is 42.5 Å². The van der Waals surface area contributed by atoms with Crippen LogP contribution in [-0.4, -0.2) is 6.04 Å². The highest BCUT2D eigenvalue weighted by molar-refractivity contribution is 9.10. The number of hydrogen-bond acceptors (Lipinski definition) is 2. The second kappa shape index (κ2) is 6.17. The third-order valence-corrected chi connectivity index (χ3v) is 4.13. The van der Waals surface area contributed by atoms with Crippen molar-refractivity contribution in [3.8, 4) is 11.5 Å².